The molecule has 5 rings (SSSR count). The van der Waals surface area contributed by atoms with Crippen LogP contribution in [0.3, 0.4) is 0 Å². The molecule has 3 atom stereocenters. The number of amides is 1. The number of piperazine rings is 1. The Morgan fingerprint density at radius 3 is 2.73 bits per heavy atom. The number of nitrogens with one attached hydrogen (secondary N) is 1. The molecule has 1 aromatic heterocycles. The number of nitrogens with zero attached hydrogens (tertiary/aromatic N) is 3. The predicted molar refractivity (Wildman–Crippen MR) is 126 cm³/mol. The second-order valence-electron chi connectivity index (χ2n) is 9.01. The number of likely N-dealkylation sites (tertiary alicyclic amines) is 1. The van der Waals surface area contributed by atoms with Gasteiger partial charge < -0.3 is 20.2 Å². The predicted octanol–water partition coefficient (Wildman–Crippen LogP) is 3.01. The van der Waals surface area contributed by atoms with Crippen LogP contribution in [-0.4, -0.2) is 59.2 Å². The molecule has 0 spiro atoms. The molecule has 0 bridgehead atoms. The number of anilines is 1. The number of alkyl halides is 1. The Kier molecular flexibility index (Phi) is 5.76. The number of pyridine rings is 1. The maximum atomic E-state index is 17.3. The van der Waals surface area contributed by atoms with Gasteiger partial charge in [-0.3, -0.25) is 4.79 Å². The van der Waals surface area contributed by atoms with E-state index in [0.717, 1.165) is 25.2 Å². The molecule has 1 aliphatic carbocycles. The Labute approximate surface area is 193 Å². The fourth-order valence-corrected chi connectivity index (χ4v) is 5.07. The lowest BCUT2D eigenvalue weighted by molar-refractivity contribution is -0.127. The lowest BCUT2D eigenvalue weighted by Crippen LogP contribution is -2.50. The summed E-state index contributed by atoms with van der Waals surface area (Å²) in [5.41, 5.74) is -0.540. The van der Waals surface area contributed by atoms with E-state index in [2.05, 4.69) is 22.1 Å². The Hall–Kier alpha value is -3.03. The number of hydrogen-bond acceptors (Lipinski definition) is 5. The van der Waals surface area contributed by atoms with Crippen molar-refractivity contribution in [1.29, 1.82) is 0 Å². The third-order valence-corrected chi connectivity index (χ3v) is 6.79. The van der Waals surface area contributed by atoms with Crippen molar-refractivity contribution in [3.8, 4) is 0 Å². The van der Waals surface area contributed by atoms with Crippen molar-refractivity contribution in [1.82, 2.24) is 15.2 Å². The van der Waals surface area contributed by atoms with Gasteiger partial charge in [0.15, 0.2) is 0 Å². The number of allylic oxidation sites excluding steroid dienone is 2. The molecule has 1 aromatic carbocycles. The van der Waals surface area contributed by atoms with Crippen LogP contribution in [0.15, 0.2) is 66.5 Å². The van der Waals surface area contributed by atoms with E-state index >= 15 is 4.39 Å². The molecule has 7 heteroatoms. The van der Waals surface area contributed by atoms with Crippen LogP contribution in [0.2, 0.25) is 0 Å². The highest BCUT2D eigenvalue weighted by Gasteiger charge is 2.51. The van der Waals surface area contributed by atoms with Crippen LogP contribution in [0.1, 0.15) is 30.9 Å². The number of benzene rings is 1. The fraction of sp³-hybridized carbons (Fsp3) is 0.385. The van der Waals surface area contributed by atoms with Gasteiger partial charge >= 0.3 is 0 Å². The first kappa shape index (κ1) is 21.8. The van der Waals surface area contributed by atoms with Gasteiger partial charge in [-0.15, -0.1) is 0 Å². The molecule has 3 heterocycles. The SMILES string of the molecule is CC1CN(c2cc(C3(F)C(N4CCCC4=O)=CC=C(c4ccccc4)[C@H]3O)ccn2)CCN1. The van der Waals surface area contributed by atoms with Crippen LogP contribution in [-0.2, 0) is 10.5 Å². The summed E-state index contributed by atoms with van der Waals surface area (Å²) >= 11 is 0. The summed E-state index contributed by atoms with van der Waals surface area (Å²) in [7, 11) is 0. The normalized spacial score (nSPS) is 28.0. The highest BCUT2D eigenvalue weighted by atomic mass is 19.1. The zero-order valence-corrected chi connectivity index (χ0v) is 18.7. The zero-order valence-electron chi connectivity index (χ0n) is 18.7. The zero-order chi connectivity index (χ0) is 23.0. The first-order valence-corrected chi connectivity index (χ1v) is 11.6. The fourth-order valence-electron chi connectivity index (χ4n) is 5.07. The van der Waals surface area contributed by atoms with Crippen molar-refractivity contribution in [2.24, 2.45) is 0 Å². The van der Waals surface area contributed by atoms with Gasteiger partial charge in [-0.25, -0.2) is 9.37 Å². The van der Waals surface area contributed by atoms with E-state index in [0.29, 0.717) is 42.4 Å². The second-order valence-corrected chi connectivity index (χ2v) is 9.01. The average Bonchev–Trinajstić information content (AvgIpc) is 3.27. The molecule has 2 aliphatic heterocycles. The maximum absolute atomic E-state index is 17.3. The van der Waals surface area contributed by atoms with E-state index in [1.807, 2.05) is 30.3 Å². The number of halogens is 1. The molecule has 6 nitrogen and oxygen atoms in total. The Morgan fingerprint density at radius 1 is 1.18 bits per heavy atom. The van der Waals surface area contributed by atoms with Crippen LogP contribution in [0.5, 0.6) is 0 Å². The van der Waals surface area contributed by atoms with E-state index in [4.69, 9.17) is 0 Å². The monoisotopic (exact) mass is 448 g/mol. The van der Waals surface area contributed by atoms with Gasteiger partial charge in [0.05, 0.1) is 5.70 Å². The van der Waals surface area contributed by atoms with E-state index in [-0.39, 0.29) is 11.6 Å². The van der Waals surface area contributed by atoms with Crippen LogP contribution in [0.4, 0.5) is 10.2 Å². The number of carbonyl (C=O) groups excluding carboxylic acids is 1. The molecule has 2 aromatic rings. The third kappa shape index (κ3) is 3.85. The second kappa shape index (κ2) is 8.72. The first-order chi connectivity index (χ1) is 16.0. The smallest absolute Gasteiger partial charge is 0.226 e. The van der Waals surface area contributed by atoms with Crippen molar-refractivity contribution >= 4 is 17.3 Å². The van der Waals surface area contributed by atoms with Crippen molar-refractivity contribution in [3.05, 3.63) is 77.6 Å². The summed E-state index contributed by atoms with van der Waals surface area (Å²) < 4.78 is 17.3. The Balaban J connectivity index is 1.60. The summed E-state index contributed by atoms with van der Waals surface area (Å²) in [5, 5.41) is 14.9. The van der Waals surface area contributed by atoms with E-state index in [1.54, 1.807) is 30.5 Å². The number of aromatic nitrogens is 1. The molecule has 0 radical (unpaired) electrons. The summed E-state index contributed by atoms with van der Waals surface area (Å²) in [5.74, 6) is 0.560. The molecular formula is C26H29FN4O2. The molecule has 33 heavy (non-hydrogen) atoms. The molecule has 0 saturated carbocycles. The first-order valence-electron chi connectivity index (χ1n) is 11.6. The minimum absolute atomic E-state index is 0.114. The minimum atomic E-state index is -2.28. The number of carbonyl (C=O) groups is 1. The Morgan fingerprint density at radius 2 is 2.00 bits per heavy atom. The quantitative estimate of drug-likeness (QED) is 0.753. The van der Waals surface area contributed by atoms with Crippen molar-refractivity contribution < 1.29 is 14.3 Å². The van der Waals surface area contributed by atoms with Crippen molar-refractivity contribution in [2.75, 3.05) is 31.1 Å². The van der Waals surface area contributed by atoms with Crippen LogP contribution < -0.4 is 10.2 Å². The van der Waals surface area contributed by atoms with E-state index in [9.17, 15) is 9.90 Å². The number of aliphatic hydroxyl groups excluding tert-OH is 1. The van der Waals surface area contributed by atoms with Gasteiger partial charge in [0.2, 0.25) is 11.6 Å². The molecule has 2 unspecified atom stereocenters. The number of aliphatic hydroxyl groups is 1. The highest BCUT2D eigenvalue weighted by Crippen LogP contribution is 2.47. The molecule has 2 fully saturated rings. The number of rotatable bonds is 4. The summed E-state index contributed by atoms with van der Waals surface area (Å²) in [6.07, 6.45) is 4.58. The molecule has 3 aliphatic rings. The van der Waals surface area contributed by atoms with Gasteiger partial charge in [-0.1, -0.05) is 36.4 Å². The van der Waals surface area contributed by atoms with E-state index in [1.165, 1.54) is 4.90 Å². The minimum Gasteiger partial charge on any atom is -0.384 e. The maximum Gasteiger partial charge on any atom is 0.226 e. The van der Waals surface area contributed by atoms with Gasteiger partial charge in [0.1, 0.15) is 11.9 Å². The van der Waals surface area contributed by atoms with Crippen molar-refractivity contribution in [3.63, 3.8) is 0 Å². The van der Waals surface area contributed by atoms with Crippen LogP contribution >= 0.6 is 0 Å². The molecule has 172 valence electrons. The van der Waals surface area contributed by atoms with Gasteiger partial charge in [-0.2, -0.15) is 0 Å². The average molecular weight is 449 g/mol. The van der Waals surface area contributed by atoms with Gasteiger partial charge in [0.25, 0.3) is 0 Å². The van der Waals surface area contributed by atoms with Gasteiger partial charge in [0, 0.05) is 50.4 Å². The molecule has 2 N–H and O–H groups in total. The topological polar surface area (TPSA) is 68.7 Å². The lowest BCUT2D eigenvalue weighted by Gasteiger charge is -2.40. The molecular weight excluding hydrogens is 419 g/mol. The lowest BCUT2D eigenvalue weighted by atomic mass is 9.77. The van der Waals surface area contributed by atoms with E-state index < -0.39 is 11.8 Å². The van der Waals surface area contributed by atoms with Crippen LogP contribution in [0.25, 0.3) is 5.57 Å². The summed E-state index contributed by atoms with van der Waals surface area (Å²) in [6.45, 7) is 4.91. The highest BCUT2D eigenvalue weighted by molar-refractivity contribution is 5.82. The standard InChI is InChI=1S/C26H29FN4O2/c1-18-17-30(15-13-28-18)23-16-20(11-12-29-23)26(27)22(31-14-5-8-24(31)32)10-9-21(25(26)33)19-6-3-2-4-7-19/h2-4,6-7,9-12,16,18,25,28,33H,5,8,13-15,17H2,1H3/t18?,25-,26?/m1/s1. The number of hydrogen-bond donors (Lipinski definition) is 2. The molecule has 1 amide bonds. The van der Waals surface area contributed by atoms with Crippen molar-refractivity contribution in [2.45, 2.75) is 37.6 Å². The Bertz CT molecular complexity index is 1100. The summed E-state index contributed by atoms with van der Waals surface area (Å²) in [6, 6.07) is 13.0. The summed E-state index contributed by atoms with van der Waals surface area (Å²) in [4.78, 5) is 20.7. The molecule has 2 saturated heterocycles. The third-order valence-electron chi connectivity index (χ3n) is 6.79. The van der Waals surface area contributed by atoms with Crippen LogP contribution in [0, 0.1) is 0 Å². The van der Waals surface area contributed by atoms with Gasteiger partial charge in [-0.05, 0) is 42.7 Å². The largest absolute Gasteiger partial charge is 0.384 e.